The number of fused-ring (bicyclic) bond motifs is 1. The fourth-order valence-corrected chi connectivity index (χ4v) is 3.84. The van der Waals surface area contributed by atoms with Crippen molar-refractivity contribution >= 4 is 11.3 Å². The zero-order valence-electron chi connectivity index (χ0n) is 12.0. The zero-order chi connectivity index (χ0) is 15.9. The Balaban J connectivity index is 2.07. The molecule has 0 aromatic carbocycles. The molecule has 0 spiro atoms. The average molecular weight is 331 g/mol. The van der Waals surface area contributed by atoms with Gasteiger partial charge in [-0.05, 0) is 49.1 Å². The smallest absolute Gasteiger partial charge is 0.385 e. The largest absolute Gasteiger partial charge is 0.408 e. The maximum absolute atomic E-state index is 12.8. The quantitative estimate of drug-likeness (QED) is 0.936. The Morgan fingerprint density at radius 2 is 2.09 bits per heavy atom. The molecule has 1 atom stereocenters. The Bertz CT molecular complexity index is 675. The summed E-state index contributed by atoms with van der Waals surface area (Å²) in [7, 11) is 0. The van der Waals surface area contributed by atoms with E-state index in [4.69, 9.17) is 0 Å². The van der Waals surface area contributed by atoms with Gasteiger partial charge in [0.25, 0.3) is 0 Å². The fourth-order valence-electron chi connectivity index (χ4n) is 2.69. The Morgan fingerprint density at radius 3 is 2.77 bits per heavy atom. The number of aromatic nitrogens is 3. The van der Waals surface area contributed by atoms with Crippen LogP contribution in [0.25, 0.3) is 10.7 Å². The molecule has 2 aromatic rings. The van der Waals surface area contributed by atoms with Crippen molar-refractivity contribution in [2.24, 2.45) is 0 Å². The molecule has 22 heavy (non-hydrogen) atoms. The van der Waals surface area contributed by atoms with E-state index >= 15 is 0 Å². The standard InChI is InChI=1S/C14H16F3N3OS/c1-8(21)12-18-13(20(19-12)7-14(15,16)17)11-10-5-3-2-4-9(10)6-22-11/h6,8,21H,2-5,7H2,1H3. The molecule has 1 unspecified atom stereocenters. The van der Waals surface area contributed by atoms with Crippen molar-refractivity contribution in [3.05, 3.63) is 22.3 Å². The van der Waals surface area contributed by atoms with E-state index in [1.165, 1.54) is 23.8 Å². The molecule has 2 heterocycles. The van der Waals surface area contributed by atoms with Crippen LogP contribution in [0.2, 0.25) is 0 Å². The Hall–Kier alpha value is -1.41. The lowest BCUT2D eigenvalue weighted by atomic mass is 9.94. The molecule has 2 aromatic heterocycles. The molecular formula is C14H16F3N3OS. The van der Waals surface area contributed by atoms with Gasteiger partial charge in [-0.2, -0.15) is 18.3 Å². The molecule has 3 rings (SSSR count). The van der Waals surface area contributed by atoms with E-state index in [-0.39, 0.29) is 11.6 Å². The van der Waals surface area contributed by atoms with Gasteiger partial charge in [0.1, 0.15) is 12.6 Å². The predicted molar refractivity (Wildman–Crippen MR) is 76.7 cm³/mol. The highest BCUT2D eigenvalue weighted by atomic mass is 32.1. The second-order valence-corrected chi connectivity index (χ2v) is 6.40. The molecule has 120 valence electrons. The monoisotopic (exact) mass is 331 g/mol. The van der Waals surface area contributed by atoms with Crippen LogP contribution < -0.4 is 0 Å². The van der Waals surface area contributed by atoms with E-state index in [0.717, 1.165) is 40.8 Å². The Kier molecular flexibility index (Phi) is 3.98. The molecule has 0 radical (unpaired) electrons. The third-order valence-corrected chi connectivity index (χ3v) is 4.76. The van der Waals surface area contributed by atoms with Gasteiger partial charge in [-0.15, -0.1) is 11.3 Å². The maximum Gasteiger partial charge on any atom is 0.408 e. The molecule has 1 aliphatic rings. The van der Waals surface area contributed by atoms with E-state index in [1.807, 2.05) is 5.38 Å². The number of hydrogen-bond acceptors (Lipinski definition) is 4. The second kappa shape index (κ2) is 5.66. The fraction of sp³-hybridized carbons (Fsp3) is 0.571. The molecule has 0 fully saturated rings. The highest BCUT2D eigenvalue weighted by molar-refractivity contribution is 7.13. The number of rotatable bonds is 3. The predicted octanol–water partition coefficient (Wildman–Crippen LogP) is 3.50. The minimum atomic E-state index is -4.38. The number of aryl methyl sites for hydroxylation is 1. The number of aliphatic hydroxyl groups excluding tert-OH is 1. The third kappa shape index (κ3) is 3.03. The van der Waals surface area contributed by atoms with Crippen LogP contribution >= 0.6 is 11.3 Å². The first-order chi connectivity index (χ1) is 10.3. The van der Waals surface area contributed by atoms with Crippen molar-refractivity contribution in [2.75, 3.05) is 0 Å². The van der Waals surface area contributed by atoms with Crippen LogP contribution in [0.4, 0.5) is 13.2 Å². The van der Waals surface area contributed by atoms with Gasteiger partial charge in [0, 0.05) is 0 Å². The summed E-state index contributed by atoms with van der Waals surface area (Å²) < 4.78 is 39.2. The molecular weight excluding hydrogens is 315 g/mol. The lowest BCUT2D eigenvalue weighted by molar-refractivity contribution is -0.142. The van der Waals surface area contributed by atoms with Crippen LogP contribution in [-0.2, 0) is 19.4 Å². The summed E-state index contributed by atoms with van der Waals surface area (Å²) in [5.41, 5.74) is 2.29. The van der Waals surface area contributed by atoms with Crippen molar-refractivity contribution in [2.45, 2.75) is 51.4 Å². The van der Waals surface area contributed by atoms with Crippen molar-refractivity contribution in [1.29, 1.82) is 0 Å². The number of nitrogens with zero attached hydrogens (tertiary/aromatic N) is 3. The van der Waals surface area contributed by atoms with Gasteiger partial charge in [0.05, 0.1) is 4.88 Å². The molecule has 0 bridgehead atoms. The normalized spacial score (nSPS) is 16.6. The summed E-state index contributed by atoms with van der Waals surface area (Å²) in [6, 6.07) is 0. The van der Waals surface area contributed by atoms with Gasteiger partial charge < -0.3 is 5.11 Å². The van der Waals surface area contributed by atoms with Crippen LogP contribution in [0.3, 0.4) is 0 Å². The van der Waals surface area contributed by atoms with E-state index in [2.05, 4.69) is 10.1 Å². The van der Waals surface area contributed by atoms with Crippen LogP contribution in [0.1, 0.15) is 42.8 Å². The van der Waals surface area contributed by atoms with Crippen molar-refractivity contribution in [1.82, 2.24) is 14.8 Å². The highest BCUT2D eigenvalue weighted by Crippen LogP contribution is 2.37. The van der Waals surface area contributed by atoms with Gasteiger partial charge >= 0.3 is 6.18 Å². The summed E-state index contributed by atoms with van der Waals surface area (Å²) in [5, 5.41) is 15.4. The first-order valence-corrected chi connectivity index (χ1v) is 8.02. The highest BCUT2D eigenvalue weighted by Gasteiger charge is 2.32. The topological polar surface area (TPSA) is 50.9 Å². The first kappa shape index (κ1) is 15.5. The molecule has 1 N–H and O–H groups in total. The van der Waals surface area contributed by atoms with Crippen LogP contribution in [-0.4, -0.2) is 26.0 Å². The molecule has 0 aliphatic heterocycles. The van der Waals surface area contributed by atoms with Gasteiger partial charge in [0.15, 0.2) is 11.6 Å². The third-order valence-electron chi connectivity index (χ3n) is 3.70. The van der Waals surface area contributed by atoms with Crippen molar-refractivity contribution in [3.63, 3.8) is 0 Å². The number of halogens is 3. The Morgan fingerprint density at radius 1 is 1.36 bits per heavy atom. The van der Waals surface area contributed by atoms with Gasteiger partial charge in [-0.25, -0.2) is 9.67 Å². The minimum absolute atomic E-state index is 0.0252. The lowest BCUT2D eigenvalue weighted by Crippen LogP contribution is -2.19. The Labute approximate surface area is 129 Å². The zero-order valence-corrected chi connectivity index (χ0v) is 12.8. The molecule has 0 saturated heterocycles. The van der Waals surface area contributed by atoms with E-state index in [1.54, 1.807) is 0 Å². The lowest BCUT2D eigenvalue weighted by Gasteiger charge is -2.13. The van der Waals surface area contributed by atoms with E-state index in [9.17, 15) is 18.3 Å². The van der Waals surface area contributed by atoms with Crippen LogP contribution in [0, 0.1) is 0 Å². The van der Waals surface area contributed by atoms with Crippen molar-refractivity contribution < 1.29 is 18.3 Å². The molecule has 1 aliphatic carbocycles. The molecule has 0 saturated carbocycles. The van der Waals surface area contributed by atoms with Gasteiger partial charge in [-0.1, -0.05) is 0 Å². The van der Waals surface area contributed by atoms with Crippen molar-refractivity contribution in [3.8, 4) is 10.7 Å². The number of hydrogen-bond donors (Lipinski definition) is 1. The van der Waals surface area contributed by atoms with Gasteiger partial charge in [-0.3, -0.25) is 0 Å². The minimum Gasteiger partial charge on any atom is -0.385 e. The molecule has 4 nitrogen and oxygen atoms in total. The number of aliphatic hydroxyl groups is 1. The summed E-state index contributed by atoms with van der Waals surface area (Å²) in [6.07, 6.45) is -1.41. The van der Waals surface area contributed by atoms with Gasteiger partial charge in [0.2, 0.25) is 0 Å². The van der Waals surface area contributed by atoms with E-state index in [0.29, 0.717) is 0 Å². The second-order valence-electron chi connectivity index (χ2n) is 5.52. The summed E-state index contributed by atoms with van der Waals surface area (Å²) in [5.74, 6) is 0.235. The number of alkyl halides is 3. The molecule has 0 amide bonds. The summed E-state index contributed by atoms with van der Waals surface area (Å²) >= 11 is 1.41. The van der Waals surface area contributed by atoms with E-state index < -0.39 is 18.8 Å². The average Bonchev–Trinajstić information content (AvgIpc) is 3.00. The van der Waals surface area contributed by atoms with Crippen LogP contribution in [0.15, 0.2) is 5.38 Å². The summed E-state index contributed by atoms with van der Waals surface area (Å²) in [4.78, 5) is 4.91. The summed E-state index contributed by atoms with van der Waals surface area (Å²) in [6.45, 7) is 0.246. The number of thiophene rings is 1. The van der Waals surface area contributed by atoms with Crippen LogP contribution in [0.5, 0.6) is 0 Å². The SMILES string of the molecule is CC(O)c1nc(-c2scc3c2CCCC3)n(CC(F)(F)F)n1. The first-order valence-electron chi connectivity index (χ1n) is 7.14. The maximum atomic E-state index is 12.8. The molecule has 8 heteroatoms.